The summed E-state index contributed by atoms with van der Waals surface area (Å²) in [6, 6.07) is 4.69. The Balaban J connectivity index is 1.49. The van der Waals surface area contributed by atoms with E-state index < -0.39 is 18.5 Å². The van der Waals surface area contributed by atoms with Gasteiger partial charge in [-0.05, 0) is 44.9 Å². The summed E-state index contributed by atoms with van der Waals surface area (Å²) in [5.41, 5.74) is 2.75. The van der Waals surface area contributed by atoms with Crippen LogP contribution in [-0.4, -0.2) is 37.8 Å². The molecule has 9 heteroatoms. The Kier molecular flexibility index (Phi) is 5.58. The van der Waals surface area contributed by atoms with E-state index >= 15 is 0 Å². The normalized spacial score (nSPS) is 13.5. The van der Waals surface area contributed by atoms with Crippen molar-refractivity contribution in [3.8, 4) is 0 Å². The number of rotatable bonds is 4. The number of ether oxygens (including phenoxy) is 1. The third-order valence-electron chi connectivity index (χ3n) is 5.66. The summed E-state index contributed by atoms with van der Waals surface area (Å²) in [6.45, 7) is 3.88. The van der Waals surface area contributed by atoms with Crippen LogP contribution in [0.5, 0.6) is 0 Å². The number of hydrogen-bond donors (Lipinski definition) is 1. The molecule has 4 rings (SSSR count). The van der Waals surface area contributed by atoms with Crippen LogP contribution in [0.3, 0.4) is 0 Å². The number of aryl methyl sites for hydroxylation is 3. The molecule has 1 N–H and O–H groups in total. The number of nitrogens with zero attached hydrogens (tertiary/aromatic N) is 4. The van der Waals surface area contributed by atoms with E-state index in [0.29, 0.717) is 28.8 Å². The van der Waals surface area contributed by atoms with Crippen molar-refractivity contribution in [2.75, 3.05) is 11.9 Å². The second-order valence-corrected chi connectivity index (χ2v) is 7.82. The zero-order valence-electron chi connectivity index (χ0n) is 17.9. The van der Waals surface area contributed by atoms with E-state index in [1.54, 1.807) is 35.4 Å². The zero-order valence-corrected chi connectivity index (χ0v) is 17.9. The van der Waals surface area contributed by atoms with E-state index in [1.807, 2.05) is 6.92 Å². The smallest absolute Gasteiger partial charge is 0.338 e. The van der Waals surface area contributed by atoms with Crippen molar-refractivity contribution >= 4 is 28.5 Å². The lowest BCUT2D eigenvalue weighted by atomic mass is 10.1. The molecule has 0 saturated heterocycles. The highest BCUT2D eigenvalue weighted by molar-refractivity contribution is 5.97. The number of benzene rings is 1. The van der Waals surface area contributed by atoms with Gasteiger partial charge in [0.2, 0.25) is 0 Å². The number of esters is 1. The molecule has 31 heavy (non-hydrogen) atoms. The van der Waals surface area contributed by atoms with Crippen LogP contribution < -0.4 is 10.9 Å². The van der Waals surface area contributed by atoms with E-state index in [0.717, 1.165) is 37.2 Å². The van der Waals surface area contributed by atoms with Crippen LogP contribution in [0.15, 0.2) is 23.0 Å². The predicted octanol–water partition coefficient (Wildman–Crippen LogP) is 2.27. The quantitative estimate of drug-likeness (QED) is 0.645. The molecule has 0 spiro atoms. The first-order valence-corrected chi connectivity index (χ1v) is 10.4. The first-order chi connectivity index (χ1) is 14.8. The summed E-state index contributed by atoms with van der Waals surface area (Å²) in [6.07, 6.45) is 3.76. The minimum absolute atomic E-state index is 0.0802. The number of amides is 1. The molecular weight excluding hydrogens is 398 g/mol. The first-order valence-electron chi connectivity index (χ1n) is 10.4. The summed E-state index contributed by atoms with van der Waals surface area (Å²) in [7, 11) is 1.79. The highest BCUT2D eigenvalue weighted by atomic mass is 16.5. The molecule has 1 aliphatic rings. The molecule has 0 aliphatic carbocycles. The molecule has 0 bridgehead atoms. The number of hydrogen-bond acceptors (Lipinski definition) is 6. The number of aromatic nitrogens is 4. The lowest BCUT2D eigenvalue weighted by molar-refractivity contribution is -0.119. The molecule has 0 unspecified atom stereocenters. The Labute approximate surface area is 179 Å². The van der Waals surface area contributed by atoms with E-state index in [1.165, 1.54) is 6.07 Å². The fraction of sp³-hybridized carbons (Fsp3) is 0.409. The fourth-order valence-corrected chi connectivity index (χ4v) is 3.89. The molecule has 9 nitrogen and oxygen atoms in total. The standard InChI is InChI=1S/C22H25N5O4/c1-13-20(14(2)26(3)25-13)24-19(28)12-31-22(30)15-8-9-16-17(11-15)23-18-7-5-4-6-10-27(18)21(16)29/h8-9,11H,4-7,10,12H2,1-3H3,(H,24,28). The van der Waals surface area contributed by atoms with Gasteiger partial charge >= 0.3 is 5.97 Å². The summed E-state index contributed by atoms with van der Waals surface area (Å²) in [5.74, 6) is -0.342. The third-order valence-corrected chi connectivity index (χ3v) is 5.66. The highest BCUT2D eigenvalue weighted by Gasteiger charge is 2.17. The number of carbonyl (C=O) groups is 2. The molecule has 2 aromatic heterocycles. The molecule has 162 valence electrons. The van der Waals surface area contributed by atoms with Crippen LogP contribution >= 0.6 is 0 Å². The van der Waals surface area contributed by atoms with Crippen LogP contribution in [-0.2, 0) is 29.5 Å². The van der Waals surface area contributed by atoms with Crippen LogP contribution in [0.1, 0.15) is 46.8 Å². The van der Waals surface area contributed by atoms with Gasteiger partial charge in [-0.2, -0.15) is 5.10 Å². The minimum Gasteiger partial charge on any atom is -0.452 e. The van der Waals surface area contributed by atoms with Gasteiger partial charge < -0.3 is 10.1 Å². The van der Waals surface area contributed by atoms with Gasteiger partial charge in [0.05, 0.1) is 33.5 Å². The van der Waals surface area contributed by atoms with Crippen molar-refractivity contribution in [3.63, 3.8) is 0 Å². The minimum atomic E-state index is -0.645. The maximum absolute atomic E-state index is 12.8. The maximum atomic E-state index is 12.8. The molecule has 1 aromatic carbocycles. The summed E-state index contributed by atoms with van der Waals surface area (Å²) in [4.78, 5) is 42.1. The molecule has 0 atom stereocenters. The maximum Gasteiger partial charge on any atom is 0.338 e. The molecular formula is C22H25N5O4. The van der Waals surface area contributed by atoms with Crippen LogP contribution in [0.2, 0.25) is 0 Å². The van der Waals surface area contributed by atoms with E-state index in [4.69, 9.17) is 4.74 Å². The Morgan fingerprint density at radius 1 is 1.19 bits per heavy atom. The Morgan fingerprint density at radius 3 is 2.74 bits per heavy atom. The summed E-state index contributed by atoms with van der Waals surface area (Å²) in [5, 5.41) is 7.44. The molecule has 0 fully saturated rings. The number of carbonyl (C=O) groups excluding carboxylic acids is 2. The summed E-state index contributed by atoms with van der Waals surface area (Å²) < 4.78 is 8.58. The van der Waals surface area contributed by atoms with Crippen molar-refractivity contribution < 1.29 is 14.3 Å². The Morgan fingerprint density at radius 2 is 2.00 bits per heavy atom. The monoisotopic (exact) mass is 423 g/mol. The van der Waals surface area contributed by atoms with Crippen LogP contribution in [0.25, 0.3) is 10.9 Å². The van der Waals surface area contributed by atoms with Gasteiger partial charge in [-0.1, -0.05) is 6.42 Å². The van der Waals surface area contributed by atoms with Crippen molar-refractivity contribution in [3.05, 3.63) is 51.3 Å². The van der Waals surface area contributed by atoms with Crippen LogP contribution in [0, 0.1) is 13.8 Å². The number of fused-ring (bicyclic) bond motifs is 2. The van der Waals surface area contributed by atoms with Gasteiger partial charge in [-0.3, -0.25) is 18.8 Å². The average molecular weight is 423 g/mol. The van der Waals surface area contributed by atoms with Gasteiger partial charge in [0, 0.05) is 20.0 Å². The number of nitrogens with one attached hydrogen (secondary N) is 1. The zero-order chi connectivity index (χ0) is 22.1. The number of anilines is 1. The molecule has 3 aromatic rings. The average Bonchev–Trinajstić information content (AvgIpc) is 2.92. The SMILES string of the molecule is Cc1nn(C)c(C)c1NC(=O)COC(=O)c1ccc2c(=O)n3c(nc2c1)CCCCC3. The fourth-order valence-electron chi connectivity index (χ4n) is 3.89. The Hall–Kier alpha value is -3.49. The molecule has 3 heterocycles. The van der Waals surface area contributed by atoms with Crippen molar-refractivity contribution in [1.29, 1.82) is 0 Å². The van der Waals surface area contributed by atoms with Gasteiger partial charge in [-0.25, -0.2) is 9.78 Å². The second-order valence-electron chi connectivity index (χ2n) is 7.82. The largest absolute Gasteiger partial charge is 0.452 e. The lowest BCUT2D eigenvalue weighted by Gasteiger charge is -2.11. The van der Waals surface area contributed by atoms with Gasteiger partial charge in [0.1, 0.15) is 5.82 Å². The van der Waals surface area contributed by atoms with Gasteiger partial charge in [0.15, 0.2) is 6.61 Å². The highest BCUT2D eigenvalue weighted by Crippen LogP contribution is 2.19. The van der Waals surface area contributed by atoms with Crippen molar-refractivity contribution in [1.82, 2.24) is 19.3 Å². The lowest BCUT2D eigenvalue weighted by Crippen LogP contribution is -2.25. The second kappa shape index (κ2) is 8.33. The topological polar surface area (TPSA) is 108 Å². The molecule has 1 aliphatic heterocycles. The predicted molar refractivity (Wildman–Crippen MR) is 115 cm³/mol. The van der Waals surface area contributed by atoms with Gasteiger partial charge in [-0.15, -0.1) is 0 Å². The van der Waals surface area contributed by atoms with Crippen LogP contribution in [0.4, 0.5) is 5.69 Å². The summed E-state index contributed by atoms with van der Waals surface area (Å²) >= 11 is 0. The molecule has 0 radical (unpaired) electrons. The molecule has 1 amide bonds. The third kappa shape index (κ3) is 4.08. The first kappa shape index (κ1) is 20.8. The Bertz CT molecular complexity index is 1240. The van der Waals surface area contributed by atoms with E-state index in [-0.39, 0.29) is 11.1 Å². The molecule has 0 saturated carbocycles. The van der Waals surface area contributed by atoms with Crippen molar-refractivity contribution in [2.45, 2.75) is 46.1 Å². The van der Waals surface area contributed by atoms with E-state index in [2.05, 4.69) is 15.4 Å². The van der Waals surface area contributed by atoms with Gasteiger partial charge in [0.25, 0.3) is 11.5 Å². The van der Waals surface area contributed by atoms with Crippen molar-refractivity contribution in [2.24, 2.45) is 7.05 Å². The van der Waals surface area contributed by atoms with E-state index in [9.17, 15) is 14.4 Å².